The highest BCUT2D eigenvalue weighted by Crippen LogP contribution is 2.20. The van der Waals surface area contributed by atoms with E-state index in [-0.39, 0.29) is 11.7 Å². The van der Waals surface area contributed by atoms with E-state index in [0.29, 0.717) is 36.3 Å². The van der Waals surface area contributed by atoms with Gasteiger partial charge in [-0.1, -0.05) is 51.8 Å². The number of carbonyl (C=O) groups is 1. The number of aromatic nitrogens is 2. The summed E-state index contributed by atoms with van der Waals surface area (Å²) in [7, 11) is 0. The van der Waals surface area contributed by atoms with Crippen LogP contribution in [0.4, 0.5) is 0 Å². The molecule has 0 amide bonds. The van der Waals surface area contributed by atoms with Crippen LogP contribution in [0.3, 0.4) is 0 Å². The fraction of sp³-hybridized carbons (Fsp3) is 0.448. The van der Waals surface area contributed by atoms with Crippen molar-refractivity contribution in [2.24, 2.45) is 0 Å². The second-order valence-corrected chi connectivity index (χ2v) is 9.22. The zero-order chi connectivity index (χ0) is 25.8. The van der Waals surface area contributed by atoms with Crippen LogP contribution in [0.25, 0.3) is 16.6 Å². The maximum atomic E-state index is 13.4. The molecule has 3 rings (SSSR count). The maximum absolute atomic E-state index is 13.4. The molecule has 0 aliphatic heterocycles. The third-order valence-corrected chi connectivity index (χ3v) is 6.08. The lowest BCUT2D eigenvalue weighted by molar-refractivity contribution is -0.191. The van der Waals surface area contributed by atoms with Crippen LogP contribution in [-0.4, -0.2) is 21.5 Å². The van der Waals surface area contributed by atoms with Gasteiger partial charge >= 0.3 is 6.15 Å². The van der Waals surface area contributed by atoms with Gasteiger partial charge in [0.25, 0.3) is 5.56 Å². The molecule has 0 saturated heterocycles. The number of unbranched alkanes of at least 4 members (excludes halogenated alkanes) is 3. The summed E-state index contributed by atoms with van der Waals surface area (Å²) in [6.45, 7) is 8.49. The number of fused-ring (bicyclic) bond motifs is 1. The molecule has 6 heteroatoms. The van der Waals surface area contributed by atoms with Crippen molar-refractivity contribution < 1.29 is 14.4 Å². The van der Waals surface area contributed by atoms with Crippen molar-refractivity contribution >= 4 is 22.8 Å². The maximum Gasteiger partial charge on any atom is 0.373 e. The fourth-order valence-corrected chi connectivity index (χ4v) is 4.09. The van der Waals surface area contributed by atoms with Gasteiger partial charge in [0.15, 0.2) is 0 Å². The van der Waals surface area contributed by atoms with Gasteiger partial charge in [0.1, 0.15) is 11.6 Å². The number of aryl methyl sites for hydroxylation is 2. The Bertz CT molecular complexity index is 1200. The number of carbonyl (C=O) groups excluding carboxylic acids is 3. The average Bonchev–Trinajstić information content (AvgIpc) is 2.82. The van der Waals surface area contributed by atoms with Gasteiger partial charge in [0.05, 0.1) is 16.6 Å². The molecule has 1 aromatic heterocycles. The third kappa shape index (κ3) is 8.11. The summed E-state index contributed by atoms with van der Waals surface area (Å²) in [5.41, 5.74) is 3.90. The van der Waals surface area contributed by atoms with E-state index in [2.05, 4.69) is 32.9 Å². The van der Waals surface area contributed by atoms with Crippen molar-refractivity contribution in [3.05, 3.63) is 69.8 Å². The molecule has 0 N–H and O–H groups in total. The second kappa shape index (κ2) is 14.1. The molecule has 3 aromatic rings. The highest BCUT2D eigenvalue weighted by molar-refractivity contribution is 5.79. The van der Waals surface area contributed by atoms with Gasteiger partial charge in [-0.15, -0.1) is 0 Å². The Morgan fingerprint density at radius 2 is 1.60 bits per heavy atom. The van der Waals surface area contributed by atoms with Gasteiger partial charge in [-0.2, -0.15) is 9.59 Å². The lowest BCUT2D eigenvalue weighted by Gasteiger charge is -2.15. The van der Waals surface area contributed by atoms with E-state index in [1.165, 1.54) is 5.56 Å². The van der Waals surface area contributed by atoms with Crippen molar-refractivity contribution in [2.45, 2.75) is 85.0 Å². The number of benzene rings is 2. The first-order valence-corrected chi connectivity index (χ1v) is 12.5. The molecule has 0 fully saturated rings. The molecular formula is C29H36N2O4. The predicted octanol–water partition coefficient (Wildman–Crippen LogP) is 6.10. The van der Waals surface area contributed by atoms with E-state index in [0.717, 1.165) is 54.7 Å². The van der Waals surface area contributed by atoms with Crippen LogP contribution in [0.2, 0.25) is 0 Å². The molecule has 0 spiro atoms. The summed E-state index contributed by atoms with van der Waals surface area (Å²) < 4.78 is 1.75. The Hall–Kier alpha value is -3.37. The van der Waals surface area contributed by atoms with Gasteiger partial charge in [0.2, 0.25) is 0 Å². The van der Waals surface area contributed by atoms with Crippen molar-refractivity contribution in [1.82, 2.24) is 9.55 Å². The van der Waals surface area contributed by atoms with Gasteiger partial charge in [0, 0.05) is 19.3 Å². The van der Waals surface area contributed by atoms with Gasteiger partial charge in [-0.25, -0.2) is 4.98 Å². The van der Waals surface area contributed by atoms with Crippen LogP contribution >= 0.6 is 0 Å². The van der Waals surface area contributed by atoms with E-state index < -0.39 is 0 Å². The second-order valence-electron chi connectivity index (χ2n) is 9.22. The Labute approximate surface area is 207 Å². The summed E-state index contributed by atoms with van der Waals surface area (Å²) in [5.74, 6) is 1.55. The molecule has 0 aliphatic carbocycles. The molecule has 0 saturated carbocycles. The number of rotatable bonds is 11. The van der Waals surface area contributed by atoms with E-state index in [1.54, 1.807) is 4.57 Å². The van der Waals surface area contributed by atoms with Crippen molar-refractivity contribution in [1.29, 1.82) is 0 Å². The molecule has 0 radical (unpaired) electrons. The summed E-state index contributed by atoms with van der Waals surface area (Å²) in [6.07, 6.45) is 7.15. The van der Waals surface area contributed by atoms with Crippen LogP contribution < -0.4 is 5.56 Å². The first-order chi connectivity index (χ1) is 16.8. The topological polar surface area (TPSA) is 86.1 Å². The fourth-order valence-electron chi connectivity index (χ4n) is 4.09. The molecule has 2 aromatic carbocycles. The highest BCUT2D eigenvalue weighted by atomic mass is 16.2. The molecule has 0 bridgehead atoms. The van der Waals surface area contributed by atoms with Crippen molar-refractivity contribution in [2.75, 3.05) is 0 Å². The first-order valence-electron chi connectivity index (χ1n) is 12.5. The van der Waals surface area contributed by atoms with Crippen LogP contribution in [0.15, 0.2) is 47.3 Å². The van der Waals surface area contributed by atoms with Crippen LogP contribution in [-0.2, 0) is 20.8 Å². The normalized spacial score (nSPS) is 10.7. The number of Topliss-reactive ketones (excluding diaryl/α,β-unsaturated/α-hetero) is 1. The van der Waals surface area contributed by atoms with E-state index in [4.69, 9.17) is 14.6 Å². The lowest BCUT2D eigenvalue weighted by atomic mass is 10.0. The molecule has 0 atom stereocenters. The van der Waals surface area contributed by atoms with Gasteiger partial charge in [-0.05, 0) is 67.5 Å². The molecule has 186 valence electrons. The van der Waals surface area contributed by atoms with Crippen LogP contribution in [0, 0.1) is 6.92 Å². The zero-order valence-electron chi connectivity index (χ0n) is 21.3. The van der Waals surface area contributed by atoms with Crippen molar-refractivity contribution in [3.8, 4) is 5.69 Å². The number of nitrogens with zero attached hydrogens (tertiary/aromatic N) is 2. The minimum atomic E-state index is -0.0297. The predicted molar refractivity (Wildman–Crippen MR) is 138 cm³/mol. The molecule has 35 heavy (non-hydrogen) atoms. The minimum absolute atomic E-state index is 0.0297. The summed E-state index contributed by atoms with van der Waals surface area (Å²) in [6, 6.07) is 14.0. The molecule has 0 aliphatic rings. The standard InChI is InChI=1S/C28H36N2O2.CO2/c1-5-6-7-10-24(31)11-8-9-12-27-29-26-19-21(4)13-18-25(26)28(32)30(27)23-16-14-22(15-17-23)20(2)3;2-1-3/h13-20H,5-12H2,1-4H3;. The number of hydrogen-bond acceptors (Lipinski definition) is 5. The third-order valence-electron chi connectivity index (χ3n) is 6.08. The summed E-state index contributed by atoms with van der Waals surface area (Å²) in [4.78, 5) is 46.7. The van der Waals surface area contributed by atoms with Crippen molar-refractivity contribution in [3.63, 3.8) is 0 Å². The molecule has 1 heterocycles. The smallest absolute Gasteiger partial charge is 0.300 e. The number of ketones is 1. The average molecular weight is 477 g/mol. The quantitative estimate of drug-likeness (QED) is 0.312. The van der Waals surface area contributed by atoms with Crippen LogP contribution in [0.1, 0.15) is 88.6 Å². The highest BCUT2D eigenvalue weighted by Gasteiger charge is 2.14. The largest absolute Gasteiger partial charge is 0.373 e. The molecule has 6 nitrogen and oxygen atoms in total. The number of hydrogen-bond donors (Lipinski definition) is 0. The Morgan fingerprint density at radius 3 is 2.20 bits per heavy atom. The Kier molecular flexibility index (Phi) is 11.2. The van der Waals surface area contributed by atoms with E-state index in [9.17, 15) is 9.59 Å². The minimum Gasteiger partial charge on any atom is -0.300 e. The monoisotopic (exact) mass is 476 g/mol. The summed E-state index contributed by atoms with van der Waals surface area (Å²) in [5, 5.41) is 0.637. The first kappa shape index (κ1) is 27.9. The molecular weight excluding hydrogens is 440 g/mol. The van der Waals surface area contributed by atoms with Gasteiger partial charge in [-0.3, -0.25) is 14.2 Å². The van der Waals surface area contributed by atoms with Crippen LogP contribution in [0.5, 0.6) is 0 Å². The summed E-state index contributed by atoms with van der Waals surface area (Å²) >= 11 is 0. The zero-order valence-corrected chi connectivity index (χ0v) is 21.3. The van der Waals surface area contributed by atoms with Gasteiger partial charge < -0.3 is 0 Å². The van der Waals surface area contributed by atoms with E-state index >= 15 is 0 Å². The SMILES string of the molecule is CCCCCC(=O)CCCCc1nc2cc(C)ccc2c(=O)n1-c1ccc(C(C)C)cc1.O=C=O. The molecule has 0 unspecified atom stereocenters. The van der Waals surface area contributed by atoms with E-state index in [1.807, 2.05) is 37.3 Å². The Morgan fingerprint density at radius 1 is 0.971 bits per heavy atom. The lowest BCUT2D eigenvalue weighted by Crippen LogP contribution is -2.24. The Balaban J connectivity index is 0.00000137.